The van der Waals surface area contributed by atoms with Crippen molar-refractivity contribution in [2.75, 3.05) is 20.7 Å². The van der Waals surface area contributed by atoms with E-state index in [4.69, 9.17) is 4.74 Å². The average Bonchev–Trinajstić information content (AvgIpc) is 2.99. The van der Waals surface area contributed by atoms with Crippen LogP contribution in [0.1, 0.15) is 26.0 Å². The minimum absolute atomic E-state index is 0.0446. The number of imidazole rings is 1. The van der Waals surface area contributed by atoms with Crippen molar-refractivity contribution >= 4 is 17.1 Å². The summed E-state index contributed by atoms with van der Waals surface area (Å²) in [6, 6.07) is 0. The molecular formula is C15H23N5O4. The largest absolute Gasteiger partial charge is 0.358 e. The first-order chi connectivity index (χ1) is 11.3. The van der Waals surface area contributed by atoms with E-state index in [1.807, 2.05) is 0 Å². The predicted octanol–water partition coefficient (Wildman–Crippen LogP) is -0.163. The first-order valence-corrected chi connectivity index (χ1v) is 7.70. The molecule has 9 heteroatoms. The van der Waals surface area contributed by atoms with Crippen molar-refractivity contribution in [3.63, 3.8) is 0 Å². The summed E-state index contributed by atoms with van der Waals surface area (Å²) in [6.07, 6.45) is 2.04. The van der Waals surface area contributed by atoms with Gasteiger partial charge in [-0.15, -0.1) is 0 Å². The average molecular weight is 337 g/mol. The highest BCUT2D eigenvalue weighted by Crippen LogP contribution is 2.14. The molecule has 0 aliphatic carbocycles. The fourth-order valence-corrected chi connectivity index (χ4v) is 2.42. The lowest BCUT2D eigenvalue weighted by atomic mass is 10.3. The molecular weight excluding hydrogens is 314 g/mol. The highest BCUT2D eigenvalue weighted by Gasteiger charge is 2.17. The Kier molecular flexibility index (Phi) is 5.23. The monoisotopic (exact) mass is 337 g/mol. The molecule has 0 radical (unpaired) electrons. The van der Waals surface area contributed by atoms with Crippen LogP contribution in [-0.2, 0) is 23.6 Å². The van der Waals surface area contributed by atoms with Crippen LogP contribution < -0.4 is 11.2 Å². The molecule has 132 valence electrons. The Morgan fingerprint density at radius 1 is 1.29 bits per heavy atom. The number of aryl methyl sites for hydroxylation is 1. The summed E-state index contributed by atoms with van der Waals surface area (Å²) in [5.74, 6) is 0.0446. The Morgan fingerprint density at radius 2 is 1.96 bits per heavy atom. The third-order valence-corrected chi connectivity index (χ3v) is 3.96. The number of ether oxygens (including phenoxy) is 1. The molecule has 2 rings (SSSR count). The number of carbonyl (C=O) groups is 1. The Hall–Kier alpha value is -2.42. The highest BCUT2D eigenvalue weighted by molar-refractivity contribution is 5.75. The minimum Gasteiger partial charge on any atom is -0.358 e. The molecule has 1 unspecified atom stereocenters. The van der Waals surface area contributed by atoms with Crippen molar-refractivity contribution < 1.29 is 9.53 Å². The first-order valence-electron chi connectivity index (χ1n) is 7.70. The number of nitrogens with zero attached hydrogens (tertiary/aromatic N) is 5. The molecule has 0 saturated carbocycles. The van der Waals surface area contributed by atoms with Crippen LogP contribution in [0.3, 0.4) is 0 Å². The van der Waals surface area contributed by atoms with E-state index in [0.717, 1.165) is 4.57 Å². The van der Waals surface area contributed by atoms with Crippen LogP contribution in [0.15, 0.2) is 15.9 Å². The van der Waals surface area contributed by atoms with Crippen LogP contribution in [0.5, 0.6) is 0 Å². The van der Waals surface area contributed by atoms with Crippen molar-refractivity contribution in [3.05, 3.63) is 27.2 Å². The lowest BCUT2D eigenvalue weighted by Crippen LogP contribution is -2.37. The summed E-state index contributed by atoms with van der Waals surface area (Å²) in [5.41, 5.74) is -0.199. The van der Waals surface area contributed by atoms with Gasteiger partial charge in [-0.25, -0.2) is 9.78 Å². The topological polar surface area (TPSA) is 91.4 Å². The van der Waals surface area contributed by atoms with Crippen molar-refractivity contribution in [1.82, 2.24) is 23.6 Å². The Morgan fingerprint density at radius 3 is 2.58 bits per heavy atom. The molecule has 1 atom stereocenters. The van der Waals surface area contributed by atoms with E-state index < -0.39 is 17.5 Å². The maximum absolute atomic E-state index is 12.4. The molecule has 0 aliphatic rings. The maximum atomic E-state index is 12.4. The molecule has 0 N–H and O–H groups in total. The zero-order chi connectivity index (χ0) is 18.0. The molecule has 0 fully saturated rings. The molecule has 0 bridgehead atoms. The van der Waals surface area contributed by atoms with Gasteiger partial charge in [-0.3, -0.25) is 23.3 Å². The van der Waals surface area contributed by atoms with E-state index in [1.165, 1.54) is 22.8 Å². The molecule has 2 aromatic heterocycles. The fraction of sp³-hybridized carbons (Fsp3) is 0.600. The number of rotatable bonds is 6. The lowest BCUT2D eigenvalue weighted by molar-refractivity contribution is -0.129. The zero-order valence-electron chi connectivity index (χ0n) is 14.6. The summed E-state index contributed by atoms with van der Waals surface area (Å²) < 4.78 is 9.68. The predicted molar refractivity (Wildman–Crippen MR) is 88.8 cm³/mol. The van der Waals surface area contributed by atoms with Crippen molar-refractivity contribution in [2.24, 2.45) is 14.1 Å². The Labute approximate surface area is 139 Å². The lowest BCUT2D eigenvalue weighted by Gasteiger charge is -2.16. The van der Waals surface area contributed by atoms with E-state index >= 15 is 0 Å². The smallest absolute Gasteiger partial charge is 0.332 e. The molecule has 2 heterocycles. The van der Waals surface area contributed by atoms with Gasteiger partial charge in [0.15, 0.2) is 11.2 Å². The fourth-order valence-electron chi connectivity index (χ4n) is 2.42. The maximum Gasteiger partial charge on any atom is 0.332 e. The second kappa shape index (κ2) is 7.00. The Bertz CT molecular complexity index is 861. The van der Waals surface area contributed by atoms with Gasteiger partial charge in [0.2, 0.25) is 5.91 Å². The van der Waals surface area contributed by atoms with Gasteiger partial charge >= 0.3 is 5.69 Å². The molecule has 0 aliphatic heterocycles. The van der Waals surface area contributed by atoms with Gasteiger partial charge < -0.3 is 9.64 Å². The van der Waals surface area contributed by atoms with Gasteiger partial charge in [-0.1, -0.05) is 0 Å². The number of fused-ring (bicyclic) bond motifs is 1. The van der Waals surface area contributed by atoms with Crippen LogP contribution in [0.2, 0.25) is 0 Å². The zero-order valence-corrected chi connectivity index (χ0v) is 14.6. The molecule has 9 nitrogen and oxygen atoms in total. The minimum atomic E-state index is -0.435. The van der Waals surface area contributed by atoms with E-state index in [9.17, 15) is 14.4 Å². The second-order valence-electron chi connectivity index (χ2n) is 5.89. The number of hydrogen-bond acceptors (Lipinski definition) is 5. The summed E-state index contributed by atoms with van der Waals surface area (Å²) in [7, 11) is 6.42. The van der Waals surface area contributed by atoms with Crippen LogP contribution >= 0.6 is 0 Å². The molecule has 2 aromatic rings. The molecule has 0 saturated heterocycles. The van der Waals surface area contributed by atoms with Gasteiger partial charge in [0.1, 0.15) is 6.23 Å². The van der Waals surface area contributed by atoms with E-state index in [2.05, 4.69) is 4.98 Å². The molecule has 0 aromatic carbocycles. The third kappa shape index (κ3) is 3.25. The SMILES string of the molecule is CC(OCCCC(=O)N(C)C)n1cnc2c1c(=O)n(C)c(=O)n2C. The molecule has 24 heavy (non-hydrogen) atoms. The third-order valence-electron chi connectivity index (χ3n) is 3.96. The van der Waals surface area contributed by atoms with Crippen molar-refractivity contribution in [3.8, 4) is 0 Å². The van der Waals surface area contributed by atoms with E-state index in [0.29, 0.717) is 30.6 Å². The van der Waals surface area contributed by atoms with Gasteiger partial charge in [0.25, 0.3) is 5.56 Å². The summed E-state index contributed by atoms with van der Waals surface area (Å²) in [5, 5.41) is 0. The van der Waals surface area contributed by atoms with Crippen LogP contribution in [0.25, 0.3) is 11.2 Å². The van der Waals surface area contributed by atoms with Crippen LogP contribution in [0, 0.1) is 0 Å². The quantitative estimate of drug-likeness (QED) is 0.683. The number of aromatic nitrogens is 4. The van der Waals surface area contributed by atoms with Gasteiger partial charge in [-0.05, 0) is 13.3 Å². The Balaban J connectivity index is 2.16. The van der Waals surface area contributed by atoms with Crippen molar-refractivity contribution in [2.45, 2.75) is 26.0 Å². The van der Waals surface area contributed by atoms with Crippen LogP contribution in [0.4, 0.5) is 0 Å². The molecule has 0 spiro atoms. The number of hydrogen-bond donors (Lipinski definition) is 0. The summed E-state index contributed by atoms with van der Waals surface area (Å²) in [4.78, 5) is 41.5. The number of amides is 1. The van der Waals surface area contributed by atoms with Gasteiger partial charge in [0.05, 0.1) is 6.33 Å². The first kappa shape index (κ1) is 17.9. The van der Waals surface area contributed by atoms with Gasteiger partial charge in [-0.2, -0.15) is 0 Å². The van der Waals surface area contributed by atoms with Gasteiger partial charge in [0, 0.05) is 41.2 Å². The van der Waals surface area contributed by atoms with E-state index in [1.54, 1.807) is 32.6 Å². The van der Waals surface area contributed by atoms with E-state index in [-0.39, 0.29) is 5.91 Å². The standard InChI is InChI=1S/C15H23N5O4/c1-10(24-8-6-7-11(21)17(2)3)20-9-16-13-12(20)14(22)19(5)15(23)18(13)4/h9-10H,6-8H2,1-5H3. The highest BCUT2D eigenvalue weighted by atomic mass is 16.5. The summed E-state index contributed by atoms with van der Waals surface area (Å²) in [6.45, 7) is 2.17. The normalized spacial score (nSPS) is 12.5. The molecule has 1 amide bonds. The van der Waals surface area contributed by atoms with Crippen molar-refractivity contribution in [1.29, 1.82) is 0 Å². The summed E-state index contributed by atoms with van der Waals surface area (Å²) >= 11 is 0. The second-order valence-corrected chi connectivity index (χ2v) is 5.89. The number of carbonyl (C=O) groups excluding carboxylic acids is 1. The van der Waals surface area contributed by atoms with Crippen LogP contribution in [-0.4, -0.2) is 50.2 Å².